The largest absolute Gasteiger partial charge is 0.504 e. The Bertz CT molecular complexity index is 1060. The number of rotatable bonds is 3. The summed E-state index contributed by atoms with van der Waals surface area (Å²) in [6, 6.07) is 13.7. The Labute approximate surface area is 177 Å². The number of phenolic OH excluding ortho intramolecular Hbond substituents is 1. The average molecular weight is 429 g/mol. The topological polar surface area (TPSA) is 93.8 Å². The van der Waals surface area contributed by atoms with Gasteiger partial charge in [0, 0.05) is 22.9 Å². The molecule has 0 radical (unpaired) electrons. The Morgan fingerprint density at radius 3 is 2.69 bits per heavy atom. The fourth-order valence-electron chi connectivity index (χ4n) is 3.75. The number of fused-ring (bicyclic) bond motifs is 1. The maximum Gasteiger partial charge on any atom is 0.231 e. The summed E-state index contributed by atoms with van der Waals surface area (Å²) in [4.78, 5) is 14.4. The van der Waals surface area contributed by atoms with E-state index in [1.165, 1.54) is 29.8 Å². The third-order valence-electron chi connectivity index (χ3n) is 5.22. The van der Waals surface area contributed by atoms with Crippen LogP contribution in [0.5, 0.6) is 11.5 Å². The van der Waals surface area contributed by atoms with Crippen molar-refractivity contribution in [3.8, 4) is 17.6 Å². The van der Waals surface area contributed by atoms with Gasteiger partial charge in [0.25, 0.3) is 0 Å². The van der Waals surface area contributed by atoms with Crippen molar-refractivity contribution < 1.29 is 19.7 Å². The standard InChI is InChI=1S/C21H17ClN2O4S/c1-28-18-8-12(2-7-17(18)25)15-9-19(26)24-20(16(15)10-23)29-11-21(24,27)13-3-5-14(22)6-4-13/h2-8,15,25,27H,9,11H2,1H3/t15-,21-/m1/s1. The number of hydrogen-bond donors (Lipinski definition) is 2. The molecule has 0 aliphatic carbocycles. The van der Waals surface area contributed by atoms with Crippen LogP contribution < -0.4 is 4.74 Å². The van der Waals surface area contributed by atoms with Gasteiger partial charge in [0.15, 0.2) is 17.2 Å². The molecule has 1 fully saturated rings. The van der Waals surface area contributed by atoms with E-state index in [0.29, 0.717) is 26.8 Å². The summed E-state index contributed by atoms with van der Waals surface area (Å²) in [6.45, 7) is 0. The molecule has 8 heteroatoms. The van der Waals surface area contributed by atoms with Crippen LogP contribution in [-0.2, 0) is 10.5 Å². The van der Waals surface area contributed by atoms with Crippen LogP contribution in [0.4, 0.5) is 0 Å². The highest BCUT2D eigenvalue weighted by Gasteiger charge is 2.51. The van der Waals surface area contributed by atoms with Crippen LogP contribution in [0.1, 0.15) is 23.5 Å². The van der Waals surface area contributed by atoms with Gasteiger partial charge in [-0.05, 0) is 29.8 Å². The van der Waals surface area contributed by atoms with Crippen molar-refractivity contribution in [3.63, 3.8) is 0 Å². The van der Waals surface area contributed by atoms with Crippen LogP contribution in [0, 0.1) is 11.3 Å². The molecule has 0 aromatic heterocycles. The third kappa shape index (κ3) is 3.14. The van der Waals surface area contributed by atoms with E-state index in [0.717, 1.165) is 0 Å². The molecule has 148 valence electrons. The lowest BCUT2D eigenvalue weighted by atomic mass is 9.85. The second-order valence-electron chi connectivity index (χ2n) is 6.86. The summed E-state index contributed by atoms with van der Waals surface area (Å²) in [5, 5.41) is 32.1. The van der Waals surface area contributed by atoms with Gasteiger partial charge in [0.1, 0.15) is 0 Å². The molecule has 6 nitrogen and oxygen atoms in total. The van der Waals surface area contributed by atoms with Crippen LogP contribution in [0.15, 0.2) is 53.1 Å². The van der Waals surface area contributed by atoms with E-state index in [4.69, 9.17) is 16.3 Å². The average Bonchev–Trinajstić information content (AvgIpc) is 3.08. The third-order valence-corrected chi connectivity index (χ3v) is 6.70. The first kappa shape index (κ1) is 19.6. The molecule has 2 aliphatic heterocycles. The van der Waals surface area contributed by atoms with Crippen LogP contribution in [-0.4, -0.2) is 33.9 Å². The lowest BCUT2D eigenvalue weighted by Gasteiger charge is -2.38. The Morgan fingerprint density at radius 1 is 1.31 bits per heavy atom. The number of nitriles is 1. The molecule has 2 atom stereocenters. The van der Waals surface area contributed by atoms with Gasteiger partial charge in [0.2, 0.25) is 5.91 Å². The molecule has 2 aromatic rings. The van der Waals surface area contributed by atoms with Gasteiger partial charge in [0.05, 0.1) is 29.5 Å². The van der Waals surface area contributed by atoms with E-state index < -0.39 is 11.6 Å². The molecule has 0 saturated carbocycles. The number of carbonyl (C=O) groups excluding carboxylic acids is 1. The summed E-state index contributed by atoms with van der Waals surface area (Å²) in [7, 11) is 1.44. The summed E-state index contributed by atoms with van der Waals surface area (Å²) in [6.07, 6.45) is 0.0246. The molecule has 2 aliphatic rings. The van der Waals surface area contributed by atoms with Crippen molar-refractivity contribution >= 4 is 29.3 Å². The SMILES string of the molecule is COc1cc([C@H]2CC(=O)N3C(=C2C#N)SC[C@@]3(O)c2ccc(Cl)cc2)ccc1O. The van der Waals surface area contributed by atoms with Gasteiger partial charge < -0.3 is 14.9 Å². The first-order valence-electron chi connectivity index (χ1n) is 8.84. The fourth-order valence-corrected chi connectivity index (χ4v) is 5.24. The zero-order valence-electron chi connectivity index (χ0n) is 15.4. The van der Waals surface area contributed by atoms with Crippen molar-refractivity contribution in [1.29, 1.82) is 5.26 Å². The van der Waals surface area contributed by atoms with Gasteiger partial charge in [-0.15, -0.1) is 11.8 Å². The highest BCUT2D eigenvalue weighted by molar-refractivity contribution is 8.03. The van der Waals surface area contributed by atoms with E-state index in [2.05, 4.69) is 6.07 Å². The molecular formula is C21H17ClN2O4S. The predicted molar refractivity (Wildman–Crippen MR) is 109 cm³/mol. The fraction of sp³-hybridized carbons (Fsp3) is 0.238. The Hall–Kier alpha value is -2.66. The molecule has 1 amide bonds. The normalized spacial score (nSPS) is 23.7. The van der Waals surface area contributed by atoms with Gasteiger partial charge in [-0.3, -0.25) is 9.69 Å². The lowest BCUT2D eigenvalue weighted by molar-refractivity contribution is -0.149. The van der Waals surface area contributed by atoms with Crippen LogP contribution in [0.25, 0.3) is 0 Å². The van der Waals surface area contributed by atoms with Crippen LogP contribution in [0.3, 0.4) is 0 Å². The maximum absolute atomic E-state index is 13.1. The van der Waals surface area contributed by atoms with E-state index in [9.17, 15) is 20.3 Å². The summed E-state index contributed by atoms with van der Waals surface area (Å²) in [5.74, 6) is -0.284. The van der Waals surface area contributed by atoms with Gasteiger partial charge in [-0.1, -0.05) is 29.8 Å². The number of hydrogen-bond acceptors (Lipinski definition) is 6. The van der Waals surface area contributed by atoms with Crippen LogP contribution >= 0.6 is 23.4 Å². The second-order valence-corrected chi connectivity index (χ2v) is 8.26. The molecule has 2 aromatic carbocycles. The number of carbonyl (C=O) groups is 1. The number of allylic oxidation sites excluding steroid dienone is 1. The number of amides is 1. The lowest BCUT2D eigenvalue weighted by Crippen LogP contribution is -2.48. The smallest absolute Gasteiger partial charge is 0.231 e. The zero-order valence-corrected chi connectivity index (χ0v) is 17.0. The molecule has 0 unspecified atom stereocenters. The number of nitrogens with zero attached hydrogens (tertiary/aromatic N) is 2. The van der Waals surface area contributed by atoms with Gasteiger partial charge in [-0.25, -0.2) is 0 Å². The highest BCUT2D eigenvalue weighted by Crippen LogP contribution is 2.52. The van der Waals surface area contributed by atoms with Crippen molar-refractivity contribution in [2.75, 3.05) is 12.9 Å². The number of halogens is 1. The van der Waals surface area contributed by atoms with E-state index in [-0.39, 0.29) is 29.6 Å². The molecule has 1 saturated heterocycles. The number of benzene rings is 2. The quantitative estimate of drug-likeness (QED) is 0.774. The number of thioether (sulfide) groups is 1. The van der Waals surface area contributed by atoms with Gasteiger partial charge >= 0.3 is 0 Å². The second kappa shape index (κ2) is 7.30. The monoisotopic (exact) mass is 428 g/mol. The first-order chi connectivity index (χ1) is 13.9. The minimum Gasteiger partial charge on any atom is -0.504 e. The molecule has 2 heterocycles. The van der Waals surface area contributed by atoms with Crippen molar-refractivity contribution in [1.82, 2.24) is 4.90 Å². The van der Waals surface area contributed by atoms with Crippen molar-refractivity contribution in [2.45, 2.75) is 18.1 Å². The molecule has 2 N–H and O–H groups in total. The van der Waals surface area contributed by atoms with E-state index in [1.54, 1.807) is 36.4 Å². The predicted octanol–water partition coefficient (Wildman–Crippen LogP) is 3.70. The highest BCUT2D eigenvalue weighted by atomic mass is 35.5. The molecule has 0 spiro atoms. The van der Waals surface area contributed by atoms with E-state index in [1.807, 2.05) is 0 Å². The van der Waals surface area contributed by atoms with E-state index >= 15 is 0 Å². The molecular weight excluding hydrogens is 412 g/mol. The van der Waals surface area contributed by atoms with Crippen molar-refractivity contribution in [2.24, 2.45) is 0 Å². The summed E-state index contributed by atoms with van der Waals surface area (Å²) < 4.78 is 5.16. The maximum atomic E-state index is 13.1. The number of ether oxygens (including phenoxy) is 1. The Kier molecular flexibility index (Phi) is 4.95. The summed E-state index contributed by atoms with van der Waals surface area (Å²) in [5.41, 5.74) is 0.104. The zero-order chi connectivity index (χ0) is 20.8. The first-order valence-corrected chi connectivity index (χ1v) is 10.2. The molecule has 29 heavy (non-hydrogen) atoms. The number of phenols is 1. The Balaban J connectivity index is 1.80. The molecule has 0 bridgehead atoms. The molecule has 4 rings (SSSR count). The van der Waals surface area contributed by atoms with Crippen molar-refractivity contribution in [3.05, 3.63) is 69.2 Å². The summed E-state index contributed by atoms with van der Waals surface area (Å²) >= 11 is 7.23. The Morgan fingerprint density at radius 2 is 2.03 bits per heavy atom. The van der Waals surface area contributed by atoms with Gasteiger partial charge in [-0.2, -0.15) is 5.26 Å². The number of aromatic hydroxyl groups is 1. The number of aliphatic hydroxyl groups is 1. The minimum absolute atomic E-state index is 0.0153. The minimum atomic E-state index is -1.54. The number of methoxy groups -OCH3 is 1. The van der Waals surface area contributed by atoms with Crippen LogP contribution in [0.2, 0.25) is 5.02 Å².